The third-order valence-electron chi connectivity index (χ3n) is 1.35. The number of amides is 1. The zero-order valence-electron chi connectivity index (χ0n) is 7.51. The molecule has 0 spiro atoms. The summed E-state index contributed by atoms with van der Waals surface area (Å²) in [5.41, 5.74) is 1.96. The largest absolute Gasteiger partial charge is 0.506 e. The first-order valence-electron chi connectivity index (χ1n) is 3.87. The van der Waals surface area contributed by atoms with Gasteiger partial charge in [-0.3, -0.25) is 14.6 Å². The van der Waals surface area contributed by atoms with E-state index in [1.54, 1.807) is 0 Å². The maximum Gasteiger partial charge on any atom is 0.332 e. The normalized spacial score (nSPS) is 9.60. The molecule has 0 aliphatic heterocycles. The number of aromatic nitrogens is 1. The van der Waals surface area contributed by atoms with E-state index in [1.165, 1.54) is 12.3 Å². The minimum atomic E-state index is -1.20. The second kappa shape index (κ2) is 4.91. The first kappa shape index (κ1) is 10.9. The molecule has 0 aliphatic rings. The zero-order chi connectivity index (χ0) is 11.3. The van der Waals surface area contributed by atoms with Gasteiger partial charge in [0.25, 0.3) is 5.91 Å². The minimum Gasteiger partial charge on any atom is -0.506 e. The van der Waals surface area contributed by atoms with Gasteiger partial charge < -0.3 is 10.2 Å². The van der Waals surface area contributed by atoms with E-state index in [0.717, 1.165) is 6.20 Å². The van der Waals surface area contributed by atoms with Gasteiger partial charge in [0.2, 0.25) is 0 Å². The summed E-state index contributed by atoms with van der Waals surface area (Å²) >= 11 is 0. The number of aromatic hydroxyl groups is 1. The fourth-order valence-corrected chi connectivity index (χ4v) is 0.774. The van der Waals surface area contributed by atoms with Crippen molar-refractivity contribution < 1.29 is 24.6 Å². The molecule has 0 aliphatic carbocycles. The summed E-state index contributed by atoms with van der Waals surface area (Å²) in [7, 11) is 0. The van der Waals surface area contributed by atoms with Crippen molar-refractivity contribution in [2.24, 2.45) is 0 Å². The standard InChI is InChI=1S/C8H8N2O5/c11-6-1-5(2-9-3-6)8(14)10-15-4-7(12)13/h1-3,11H,4H2,(H,10,14)(H,12,13). The van der Waals surface area contributed by atoms with E-state index in [0.29, 0.717) is 0 Å². The molecule has 0 unspecified atom stereocenters. The third kappa shape index (κ3) is 3.61. The van der Waals surface area contributed by atoms with Crippen LogP contribution in [0.1, 0.15) is 10.4 Å². The maximum absolute atomic E-state index is 11.2. The van der Waals surface area contributed by atoms with Crippen LogP contribution in [0.5, 0.6) is 5.75 Å². The molecule has 1 amide bonds. The van der Waals surface area contributed by atoms with Crippen LogP contribution in [0.4, 0.5) is 0 Å². The van der Waals surface area contributed by atoms with Crippen LogP contribution in [0.25, 0.3) is 0 Å². The maximum atomic E-state index is 11.2. The molecule has 0 bridgehead atoms. The predicted molar refractivity (Wildman–Crippen MR) is 47.0 cm³/mol. The Morgan fingerprint density at radius 2 is 2.20 bits per heavy atom. The van der Waals surface area contributed by atoms with Crippen molar-refractivity contribution in [1.29, 1.82) is 0 Å². The number of hydrogen-bond acceptors (Lipinski definition) is 5. The lowest BCUT2D eigenvalue weighted by molar-refractivity contribution is -0.144. The van der Waals surface area contributed by atoms with Crippen molar-refractivity contribution >= 4 is 11.9 Å². The lowest BCUT2D eigenvalue weighted by Crippen LogP contribution is -2.26. The van der Waals surface area contributed by atoms with Crippen LogP contribution in [0.3, 0.4) is 0 Å². The summed E-state index contributed by atoms with van der Waals surface area (Å²) in [6, 6.07) is 1.17. The van der Waals surface area contributed by atoms with Crippen molar-refractivity contribution in [2.75, 3.05) is 6.61 Å². The van der Waals surface area contributed by atoms with Crippen molar-refractivity contribution in [2.45, 2.75) is 0 Å². The average Bonchev–Trinajstić information content (AvgIpc) is 2.17. The molecule has 0 saturated heterocycles. The Morgan fingerprint density at radius 3 is 2.80 bits per heavy atom. The predicted octanol–water partition coefficient (Wildman–Crippen LogP) is -0.467. The molecule has 7 nitrogen and oxygen atoms in total. The molecule has 1 aromatic rings. The monoisotopic (exact) mass is 212 g/mol. The van der Waals surface area contributed by atoms with Gasteiger partial charge in [-0.1, -0.05) is 0 Å². The van der Waals surface area contributed by atoms with Gasteiger partial charge in [0.15, 0.2) is 6.61 Å². The summed E-state index contributed by atoms with van der Waals surface area (Å²) in [6.45, 7) is -0.641. The molecule has 0 radical (unpaired) electrons. The molecule has 0 fully saturated rings. The number of hydroxylamine groups is 1. The number of carbonyl (C=O) groups is 2. The number of rotatable bonds is 4. The van der Waals surface area contributed by atoms with E-state index in [-0.39, 0.29) is 11.3 Å². The summed E-state index contributed by atoms with van der Waals surface area (Å²) in [5.74, 6) is -2.05. The molecular weight excluding hydrogens is 204 g/mol. The highest BCUT2D eigenvalue weighted by Crippen LogP contribution is 2.07. The van der Waals surface area contributed by atoms with Gasteiger partial charge in [0, 0.05) is 6.20 Å². The lowest BCUT2D eigenvalue weighted by atomic mass is 10.3. The molecule has 15 heavy (non-hydrogen) atoms. The van der Waals surface area contributed by atoms with Gasteiger partial charge in [-0.25, -0.2) is 10.3 Å². The van der Waals surface area contributed by atoms with Crippen molar-refractivity contribution in [3.8, 4) is 5.75 Å². The number of nitrogens with zero attached hydrogens (tertiary/aromatic N) is 1. The van der Waals surface area contributed by atoms with Crippen molar-refractivity contribution in [3.05, 3.63) is 24.0 Å². The third-order valence-corrected chi connectivity index (χ3v) is 1.35. The second-order valence-electron chi connectivity index (χ2n) is 2.55. The fourth-order valence-electron chi connectivity index (χ4n) is 0.774. The zero-order valence-corrected chi connectivity index (χ0v) is 7.51. The van der Waals surface area contributed by atoms with E-state index < -0.39 is 18.5 Å². The van der Waals surface area contributed by atoms with Crippen LogP contribution in [0.15, 0.2) is 18.5 Å². The lowest BCUT2D eigenvalue weighted by Gasteiger charge is -2.03. The number of carboxylic acid groups (broad SMARTS) is 1. The number of pyridine rings is 1. The van der Waals surface area contributed by atoms with Crippen LogP contribution in [-0.4, -0.2) is 33.7 Å². The van der Waals surface area contributed by atoms with Crippen LogP contribution in [-0.2, 0) is 9.63 Å². The Bertz CT molecular complexity index is 379. The molecule has 1 heterocycles. The van der Waals surface area contributed by atoms with Gasteiger partial charge in [-0.15, -0.1) is 0 Å². The van der Waals surface area contributed by atoms with Gasteiger partial charge in [0.1, 0.15) is 5.75 Å². The van der Waals surface area contributed by atoms with Gasteiger partial charge >= 0.3 is 5.97 Å². The van der Waals surface area contributed by atoms with E-state index in [4.69, 9.17) is 10.2 Å². The van der Waals surface area contributed by atoms with Crippen molar-refractivity contribution in [1.82, 2.24) is 10.5 Å². The number of nitrogens with one attached hydrogen (secondary N) is 1. The number of hydrogen-bond donors (Lipinski definition) is 3. The molecule has 0 saturated carbocycles. The van der Waals surface area contributed by atoms with Crippen molar-refractivity contribution in [3.63, 3.8) is 0 Å². The number of carbonyl (C=O) groups excluding carboxylic acids is 1. The Labute approximate surface area is 84.3 Å². The smallest absolute Gasteiger partial charge is 0.332 e. The van der Waals surface area contributed by atoms with E-state index in [1.807, 2.05) is 5.48 Å². The first-order valence-corrected chi connectivity index (χ1v) is 3.87. The molecule has 0 atom stereocenters. The minimum absolute atomic E-state index is 0.0698. The Hall–Kier alpha value is -2.15. The highest BCUT2D eigenvalue weighted by atomic mass is 16.7. The quantitative estimate of drug-likeness (QED) is 0.582. The van der Waals surface area contributed by atoms with Crippen LogP contribution in [0.2, 0.25) is 0 Å². The van der Waals surface area contributed by atoms with E-state index in [9.17, 15) is 9.59 Å². The van der Waals surface area contributed by atoms with Gasteiger partial charge in [0.05, 0.1) is 11.8 Å². The number of carboxylic acids is 1. The Kier molecular flexibility index (Phi) is 3.58. The Morgan fingerprint density at radius 1 is 1.47 bits per heavy atom. The summed E-state index contributed by atoms with van der Waals surface area (Å²) in [4.78, 5) is 29.1. The second-order valence-corrected chi connectivity index (χ2v) is 2.55. The van der Waals surface area contributed by atoms with Gasteiger partial charge in [-0.2, -0.15) is 0 Å². The SMILES string of the molecule is O=C(O)CONC(=O)c1cncc(O)c1. The fraction of sp³-hybridized carbons (Fsp3) is 0.125. The molecule has 80 valence electrons. The molecule has 1 rings (SSSR count). The van der Waals surface area contributed by atoms with Crippen LogP contribution < -0.4 is 5.48 Å². The molecular formula is C8H8N2O5. The molecule has 3 N–H and O–H groups in total. The van der Waals surface area contributed by atoms with E-state index in [2.05, 4.69) is 9.82 Å². The first-order chi connectivity index (χ1) is 7.09. The highest BCUT2D eigenvalue weighted by Gasteiger charge is 2.07. The van der Waals surface area contributed by atoms with E-state index >= 15 is 0 Å². The molecule has 7 heteroatoms. The highest BCUT2D eigenvalue weighted by molar-refractivity contribution is 5.93. The van der Waals surface area contributed by atoms with Gasteiger partial charge in [-0.05, 0) is 6.07 Å². The average molecular weight is 212 g/mol. The summed E-state index contributed by atoms with van der Waals surface area (Å²) in [5, 5.41) is 17.2. The Balaban J connectivity index is 2.50. The number of aliphatic carboxylic acids is 1. The van der Waals surface area contributed by atoms with Crippen LogP contribution in [0, 0.1) is 0 Å². The van der Waals surface area contributed by atoms with Crippen LogP contribution >= 0.6 is 0 Å². The topological polar surface area (TPSA) is 109 Å². The summed E-state index contributed by atoms with van der Waals surface area (Å²) < 4.78 is 0. The molecule has 1 aromatic heterocycles. The molecule has 0 aromatic carbocycles. The summed E-state index contributed by atoms with van der Waals surface area (Å²) in [6.07, 6.45) is 2.37.